The number of rotatable bonds is 1. The molecule has 4 nitrogen and oxygen atoms in total. The molecule has 0 amide bonds. The number of phenolic OH excluding ortho intramolecular Hbond substituents is 2. The third-order valence-corrected chi connectivity index (χ3v) is 2.92. The van der Waals surface area contributed by atoms with Gasteiger partial charge in [-0.2, -0.15) is 0 Å². The van der Waals surface area contributed by atoms with E-state index < -0.39 is 0 Å². The summed E-state index contributed by atoms with van der Waals surface area (Å²) in [6.07, 6.45) is 0. The highest BCUT2D eigenvalue weighted by Crippen LogP contribution is 2.34. The van der Waals surface area contributed by atoms with Crippen LogP contribution in [0.5, 0.6) is 11.5 Å². The number of nitrogens with zero attached hydrogens (tertiary/aromatic N) is 1. The van der Waals surface area contributed by atoms with E-state index in [9.17, 15) is 10.2 Å². The number of fused-ring (bicyclic) bond motifs is 1. The SMILES string of the molecule is Oc1ccc(-c2noc3ccc(Cl)cc23)cc1O. The molecule has 0 unspecified atom stereocenters. The van der Waals surface area contributed by atoms with Crippen molar-refractivity contribution in [3.8, 4) is 22.8 Å². The summed E-state index contributed by atoms with van der Waals surface area (Å²) in [6, 6.07) is 9.66. The van der Waals surface area contributed by atoms with Crippen LogP contribution in [0.1, 0.15) is 0 Å². The molecule has 0 saturated carbocycles. The maximum atomic E-state index is 9.49. The maximum absolute atomic E-state index is 9.49. The Morgan fingerprint density at radius 2 is 1.83 bits per heavy atom. The summed E-state index contributed by atoms with van der Waals surface area (Å²) in [7, 11) is 0. The van der Waals surface area contributed by atoms with E-state index in [1.54, 1.807) is 24.3 Å². The van der Waals surface area contributed by atoms with Gasteiger partial charge in [0.15, 0.2) is 17.1 Å². The largest absolute Gasteiger partial charge is 0.504 e. The van der Waals surface area contributed by atoms with E-state index >= 15 is 0 Å². The number of hydrogen-bond donors (Lipinski definition) is 2. The first kappa shape index (κ1) is 10.9. The molecule has 1 aromatic heterocycles. The summed E-state index contributed by atoms with van der Waals surface area (Å²) in [6.45, 7) is 0. The summed E-state index contributed by atoms with van der Waals surface area (Å²) < 4.78 is 5.18. The van der Waals surface area contributed by atoms with Gasteiger partial charge in [-0.25, -0.2) is 0 Å². The van der Waals surface area contributed by atoms with E-state index in [1.165, 1.54) is 12.1 Å². The van der Waals surface area contributed by atoms with Gasteiger partial charge in [-0.15, -0.1) is 0 Å². The van der Waals surface area contributed by atoms with Crippen LogP contribution in [0.4, 0.5) is 0 Å². The number of aromatic nitrogens is 1. The fourth-order valence-electron chi connectivity index (χ4n) is 1.79. The van der Waals surface area contributed by atoms with Gasteiger partial charge in [-0.3, -0.25) is 0 Å². The lowest BCUT2D eigenvalue weighted by atomic mass is 10.1. The summed E-state index contributed by atoms with van der Waals surface area (Å²) in [5, 5.41) is 24.1. The molecule has 0 fully saturated rings. The van der Waals surface area contributed by atoms with Gasteiger partial charge in [0.1, 0.15) is 5.69 Å². The Morgan fingerprint density at radius 3 is 2.61 bits per heavy atom. The number of aromatic hydroxyl groups is 2. The summed E-state index contributed by atoms with van der Waals surface area (Å²) >= 11 is 5.93. The highest BCUT2D eigenvalue weighted by molar-refractivity contribution is 6.31. The molecule has 0 aliphatic rings. The second-order valence-corrected chi connectivity index (χ2v) is 4.31. The van der Waals surface area contributed by atoms with Crippen LogP contribution in [0.2, 0.25) is 5.02 Å². The van der Waals surface area contributed by atoms with Crippen LogP contribution in [0.3, 0.4) is 0 Å². The molecular weight excluding hydrogens is 254 g/mol. The molecule has 0 bridgehead atoms. The molecule has 3 rings (SSSR count). The molecule has 1 heterocycles. The number of phenols is 2. The van der Waals surface area contributed by atoms with Gasteiger partial charge in [0.2, 0.25) is 0 Å². The zero-order valence-corrected chi connectivity index (χ0v) is 9.85. The second-order valence-electron chi connectivity index (χ2n) is 3.88. The number of halogens is 1. The van der Waals surface area contributed by atoms with E-state index in [0.717, 1.165) is 5.39 Å². The van der Waals surface area contributed by atoms with Gasteiger partial charge in [-0.05, 0) is 36.4 Å². The monoisotopic (exact) mass is 261 g/mol. The summed E-state index contributed by atoms with van der Waals surface area (Å²) in [5.41, 5.74) is 1.83. The van der Waals surface area contributed by atoms with Gasteiger partial charge in [0.05, 0.1) is 5.39 Å². The van der Waals surface area contributed by atoms with Crippen molar-refractivity contribution >= 4 is 22.6 Å². The zero-order chi connectivity index (χ0) is 12.7. The molecule has 0 atom stereocenters. The lowest BCUT2D eigenvalue weighted by Crippen LogP contribution is -1.79. The molecule has 18 heavy (non-hydrogen) atoms. The Hall–Kier alpha value is -2.20. The average molecular weight is 262 g/mol. The Morgan fingerprint density at radius 1 is 1.00 bits per heavy atom. The molecule has 3 aromatic rings. The molecule has 0 aliphatic heterocycles. The third kappa shape index (κ3) is 1.67. The molecule has 90 valence electrons. The lowest BCUT2D eigenvalue weighted by molar-refractivity contribution is 0.404. The van der Waals surface area contributed by atoms with Crippen molar-refractivity contribution in [2.24, 2.45) is 0 Å². The van der Waals surface area contributed by atoms with Crippen molar-refractivity contribution in [1.29, 1.82) is 0 Å². The Kier molecular flexibility index (Phi) is 2.38. The normalized spacial score (nSPS) is 10.9. The second kappa shape index (κ2) is 3.92. The van der Waals surface area contributed by atoms with Crippen LogP contribution in [0.25, 0.3) is 22.2 Å². The highest BCUT2D eigenvalue weighted by Gasteiger charge is 2.12. The van der Waals surface area contributed by atoms with E-state index in [4.69, 9.17) is 16.1 Å². The minimum Gasteiger partial charge on any atom is -0.504 e. The minimum atomic E-state index is -0.203. The zero-order valence-electron chi connectivity index (χ0n) is 9.09. The van der Waals surface area contributed by atoms with Crippen LogP contribution in [0.15, 0.2) is 40.9 Å². The lowest BCUT2D eigenvalue weighted by Gasteiger charge is -2.00. The third-order valence-electron chi connectivity index (χ3n) is 2.68. The van der Waals surface area contributed by atoms with Gasteiger partial charge in [-0.1, -0.05) is 16.8 Å². The molecule has 0 aliphatic carbocycles. The molecule has 5 heteroatoms. The van der Waals surface area contributed by atoms with Crippen LogP contribution in [-0.2, 0) is 0 Å². The Labute approximate surface area is 107 Å². The topological polar surface area (TPSA) is 66.5 Å². The van der Waals surface area contributed by atoms with Crippen LogP contribution < -0.4 is 0 Å². The quantitative estimate of drug-likeness (QED) is 0.657. The smallest absolute Gasteiger partial charge is 0.167 e. The minimum absolute atomic E-state index is 0.176. The van der Waals surface area contributed by atoms with Crippen molar-refractivity contribution < 1.29 is 14.7 Å². The highest BCUT2D eigenvalue weighted by atomic mass is 35.5. The predicted molar refractivity (Wildman–Crippen MR) is 67.8 cm³/mol. The molecule has 0 saturated heterocycles. The Bertz CT molecular complexity index is 736. The van der Waals surface area contributed by atoms with E-state index in [0.29, 0.717) is 21.9 Å². The first-order valence-electron chi connectivity index (χ1n) is 5.22. The predicted octanol–water partition coefficient (Wildman–Crippen LogP) is 3.56. The van der Waals surface area contributed by atoms with Crippen molar-refractivity contribution in [3.05, 3.63) is 41.4 Å². The molecule has 0 spiro atoms. The fourth-order valence-corrected chi connectivity index (χ4v) is 1.96. The molecular formula is C13H8ClNO3. The first-order chi connectivity index (χ1) is 8.65. The molecule has 2 N–H and O–H groups in total. The van der Waals surface area contributed by atoms with Crippen molar-refractivity contribution in [2.45, 2.75) is 0 Å². The van der Waals surface area contributed by atoms with Crippen LogP contribution in [-0.4, -0.2) is 15.4 Å². The van der Waals surface area contributed by atoms with Gasteiger partial charge in [0.25, 0.3) is 0 Å². The first-order valence-corrected chi connectivity index (χ1v) is 5.60. The molecule has 2 aromatic carbocycles. The fraction of sp³-hybridized carbons (Fsp3) is 0. The van der Waals surface area contributed by atoms with Crippen molar-refractivity contribution in [3.63, 3.8) is 0 Å². The van der Waals surface area contributed by atoms with Gasteiger partial charge >= 0.3 is 0 Å². The van der Waals surface area contributed by atoms with E-state index in [1.807, 2.05) is 0 Å². The maximum Gasteiger partial charge on any atom is 0.167 e. The van der Waals surface area contributed by atoms with Crippen LogP contribution >= 0.6 is 11.6 Å². The standard InChI is InChI=1S/C13H8ClNO3/c14-8-2-4-12-9(6-8)13(15-18-12)7-1-3-10(16)11(17)5-7/h1-6,16-17H. The van der Waals surface area contributed by atoms with Crippen molar-refractivity contribution in [2.75, 3.05) is 0 Å². The Balaban J connectivity index is 2.24. The summed E-state index contributed by atoms with van der Waals surface area (Å²) in [5.74, 6) is -0.379. The van der Waals surface area contributed by atoms with E-state index in [2.05, 4.69) is 5.16 Å². The van der Waals surface area contributed by atoms with Crippen molar-refractivity contribution in [1.82, 2.24) is 5.16 Å². The number of benzene rings is 2. The van der Waals surface area contributed by atoms with Gasteiger partial charge in [0, 0.05) is 10.6 Å². The summed E-state index contributed by atoms with van der Waals surface area (Å²) in [4.78, 5) is 0. The van der Waals surface area contributed by atoms with Crippen LogP contribution in [0, 0.1) is 0 Å². The van der Waals surface area contributed by atoms with E-state index in [-0.39, 0.29) is 11.5 Å². The molecule has 0 radical (unpaired) electrons. The number of hydrogen-bond acceptors (Lipinski definition) is 4. The van der Waals surface area contributed by atoms with Gasteiger partial charge < -0.3 is 14.7 Å². The average Bonchev–Trinajstić information content (AvgIpc) is 2.75.